The second-order valence-electron chi connectivity index (χ2n) is 4.17. The maximum absolute atomic E-state index is 8.70. The van der Waals surface area contributed by atoms with Crippen molar-refractivity contribution in [2.45, 2.75) is 13.8 Å². The van der Waals surface area contributed by atoms with E-state index < -0.39 is 0 Å². The monoisotopic (exact) mass is 243 g/mol. The average molecular weight is 243 g/mol. The van der Waals surface area contributed by atoms with Crippen molar-refractivity contribution in [2.75, 3.05) is 11.4 Å². The molecule has 18 heavy (non-hydrogen) atoms. The van der Waals surface area contributed by atoms with Crippen molar-refractivity contribution >= 4 is 11.4 Å². The van der Waals surface area contributed by atoms with Gasteiger partial charge in [-0.3, -0.25) is 0 Å². The summed E-state index contributed by atoms with van der Waals surface area (Å²) in [7, 11) is 0. The third kappa shape index (κ3) is 2.63. The van der Waals surface area contributed by atoms with Gasteiger partial charge < -0.3 is 9.79 Å². The van der Waals surface area contributed by atoms with E-state index >= 15 is 0 Å². The summed E-state index contributed by atoms with van der Waals surface area (Å²) in [5, 5.41) is 8.70. The Labute approximate surface area is 107 Å². The summed E-state index contributed by atoms with van der Waals surface area (Å²) < 4.78 is 0. The number of hydrogen-bond acceptors (Lipinski definition) is 3. The maximum Gasteiger partial charge on any atom is 0.167 e. The Morgan fingerprint density at radius 3 is 2.39 bits per heavy atom. The molecule has 0 amide bonds. The first kappa shape index (κ1) is 12.5. The van der Waals surface area contributed by atoms with Crippen LogP contribution in [0.5, 0.6) is 5.75 Å². The number of rotatable bonds is 4. The first-order chi connectivity index (χ1) is 8.74. The lowest BCUT2D eigenvalue weighted by molar-refractivity contribution is -0.137. The van der Waals surface area contributed by atoms with Crippen LogP contribution in [0, 0.1) is 6.92 Å². The molecule has 0 heterocycles. The van der Waals surface area contributed by atoms with E-state index in [1.807, 2.05) is 18.2 Å². The van der Waals surface area contributed by atoms with Crippen molar-refractivity contribution in [3.63, 3.8) is 0 Å². The van der Waals surface area contributed by atoms with Crippen LogP contribution in [0.4, 0.5) is 11.4 Å². The van der Waals surface area contributed by atoms with Crippen LogP contribution in [0.3, 0.4) is 0 Å². The highest BCUT2D eigenvalue weighted by Gasteiger charge is 2.07. The van der Waals surface area contributed by atoms with Gasteiger partial charge >= 0.3 is 0 Å². The summed E-state index contributed by atoms with van der Waals surface area (Å²) in [5.74, 6) is 0.443. The summed E-state index contributed by atoms with van der Waals surface area (Å²) >= 11 is 0. The second kappa shape index (κ2) is 5.56. The average Bonchev–Trinajstić information content (AvgIpc) is 2.42. The molecule has 2 aromatic rings. The third-order valence-corrected chi connectivity index (χ3v) is 2.90. The van der Waals surface area contributed by atoms with Gasteiger partial charge in [-0.1, -0.05) is 23.8 Å². The van der Waals surface area contributed by atoms with Crippen LogP contribution in [0.1, 0.15) is 12.5 Å². The quantitative estimate of drug-likeness (QED) is 0.650. The minimum absolute atomic E-state index is 0.443. The van der Waals surface area contributed by atoms with Crippen LogP contribution in [0.15, 0.2) is 48.5 Å². The zero-order chi connectivity index (χ0) is 13.0. The molecule has 94 valence electrons. The highest BCUT2D eigenvalue weighted by atomic mass is 17.1. The van der Waals surface area contributed by atoms with Gasteiger partial charge in [0.1, 0.15) is 0 Å². The van der Waals surface area contributed by atoms with Crippen molar-refractivity contribution in [3.8, 4) is 5.75 Å². The minimum Gasteiger partial charge on any atom is -0.342 e. The Morgan fingerprint density at radius 1 is 1.06 bits per heavy atom. The molecule has 2 rings (SSSR count). The smallest absolute Gasteiger partial charge is 0.167 e. The van der Waals surface area contributed by atoms with Gasteiger partial charge in [-0.2, -0.15) is 0 Å². The van der Waals surface area contributed by atoms with Gasteiger partial charge in [0.2, 0.25) is 0 Å². The summed E-state index contributed by atoms with van der Waals surface area (Å²) in [4.78, 5) is 6.43. The van der Waals surface area contributed by atoms with Crippen LogP contribution < -0.4 is 9.79 Å². The largest absolute Gasteiger partial charge is 0.342 e. The molecule has 0 unspecified atom stereocenters. The van der Waals surface area contributed by atoms with E-state index in [1.54, 1.807) is 6.07 Å². The molecule has 0 fully saturated rings. The fourth-order valence-corrected chi connectivity index (χ4v) is 1.95. The number of hydrogen-bond donors (Lipinski definition) is 1. The van der Waals surface area contributed by atoms with E-state index in [1.165, 1.54) is 5.56 Å². The molecule has 0 saturated carbocycles. The molecule has 0 aromatic heterocycles. The van der Waals surface area contributed by atoms with Gasteiger partial charge in [-0.15, -0.1) is 0 Å². The van der Waals surface area contributed by atoms with Gasteiger partial charge in [0, 0.05) is 24.0 Å². The lowest BCUT2D eigenvalue weighted by Gasteiger charge is -2.23. The fraction of sp³-hybridized carbons (Fsp3) is 0.200. The summed E-state index contributed by atoms with van der Waals surface area (Å²) in [6.07, 6.45) is 0. The Balaban J connectivity index is 2.35. The van der Waals surface area contributed by atoms with Crippen molar-refractivity contribution < 1.29 is 10.1 Å². The molecule has 0 spiro atoms. The molecule has 0 radical (unpaired) electrons. The molecule has 0 bridgehead atoms. The molecule has 3 nitrogen and oxygen atoms in total. The number of anilines is 2. The molecule has 0 aliphatic carbocycles. The summed E-state index contributed by atoms with van der Waals surface area (Å²) in [5.41, 5.74) is 3.35. The number of benzene rings is 2. The van der Waals surface area contributed by atoms with Crippen LogP contribution in [0.25, 0.3) is 0 Å². The highest BCUT2D eigenvalue weighted by molar-refractivity contribution is 5.64. The third-order valence-electron chi connectivity index (χ3n) is 2.90. The van der Waals surface area contributed by atoms with Crippen LogP contribution in [0.2, 0.25) is 0 Å². The zero-order valence-electron chi connectivity index (χ0n) is 10.6. The zero-order valence-corrected chi connectivity index (χ0v) is 10.6. The van der Waals surface area contributed by atoms with Gasteiger partial charge in [0.25, 0.3) is 0 Å². The number of aryl methyl sites for hydroxylation is 1. The van der Waals surface area contributed by atoms with Crippen molar-refractivity contribution in [3.05, 3.63) is 54.1 Å². The van der Waals surface area contributed by atoms with Crippen LogP contribution in [-0.4, -0.2) is 11.8 Å². The molecular weight excluding hydrogens is 226 g/mol. The predicted octanol–water partition coefficient (Wildman–Crippen LogP) is 4.00. The Morgan fingerprint density at radius 2 is 1.78 bits per heavy atom. The first-order valence-corrected chi connectivity index (χ1v) is 6.00. The lowest BCUT2D eigenvalue weighted by atomic mass is 10.2. The Bertz CT molecular complexity index is 508. The molecule has 0 aliphatic heterocycles. The second-order valence-corrected chi connectivity index (χ2v) is 4.17. The van der Waals surface area contributed by atoms with E-state index in [2.05, 4.69) is 47.9 Å². The van der Waals surface area contributed by atoms with E-state index in [4.69, 9.17) is 5.26 Å². The Hall–Kier alpha value is -2.00. The van der Waals surface area contributed by atoms with Gasteiger partial charge in [-0.05, 0) is 38.1 Å². The molecule has 0 saturated heterocycles. The van der Waals surface area contributed by atoms with Crippen molar-refractivity contribution in [2.24, 2.45) is 0 Å². The highest BCUT2D eigenvalue weighted by Crippen LogP contribution is 2.28. The van der Waals surface area contributed by atoms with Crippen LogP contribution in [-0.2, 0) is 0 Å². The van der Waals surface area contributed by atoms with Crippen molar-refractivity contribution in [1.82, 2.24) is 0 Å². The Kier molecular flexibility index (Phi) is 3.85. The fourth-order valence-electron chi connectivity index (χ4n) is 1.95. The normalized spacial score (nSPS) is 10.2. The van der Waals surface area contributed by atoms with Gasteiger partial charge in [-0.25, -0.2) is 5.26 Å². The minimum atomic E-state index is 0.443. The molecule has 0 aliphatic rings. The summed E-state index contributed by atoms with van der Waals surface area (Å²) in [6.45, 7) is 5.00. The molecule has 1 N–H and O–H groups in total. The van der Waals surface area contributed by atoms with E-state index in [-0.39, 0.29) is 0 Å². The van der Waals surface area contributed by atoms with Crippen molar-refractivity contribution in [1.29, 1.82) is 0 Å². The maximum atomic E-state index is 8.70. The standard InChI is InChI=1S/C15H17NO2/c1-3-16(13-9-7-12(2)8-10-13)14-5-4-6-15(11-14)18-17/h4-11,17H,3H2,1-2H3. The topological polar surface area (TPSA) is 32.7 Å². The number of nitrogens with zero attached hydrogens (tertiary/aromatic N) is 1. The first-order valence-electron chi connectivity index (χ1n) is 6.00. The van der Waals surface area contributed by atoms with E-state index in [0.717, 1.165) is 17.9 Å². The lowest BCUT2D eigenvalue weighted by Crippen LogP contribution is -2.15. The van der Waals surface area contributed by atoms with E-state index in [0.29, 0.717) is 5.75 Å². The van der Waals surface area contributed by atoms with Gasteiger partial charge in [0.05, 0.1) is 0 Å². The molecule has 0 atom stereocenters. The van der Waals surface area contributed by atoms with E-state index in [9.17, 15) is 0 Å². The van der Waals surface area contributed by atoms with Crippen LogP contribution >= 0.6 is 0 Å². The molecule has 3 heteroatoms. The summed E-state index contributed by atoms with van der Waals surface area (Å²) in [6, 6.07) is 15.7. The molecular formula is C15H17NO2. The predicted molar refractivity (Wildman–Crippen MR) is 73.6 cm³/mol. The van der Waals surface area contributed by atoms with Gasteiger partial charge in [0.15, 0.2) is 5.75 Å². The SMILES string of the molecule is CCN(c1ccc(C)cc1)c1cccc(OO)c1. The molecule has 2 aromatic carbocycles.